The second kappa shape index (κ2) is 4.92. The maximum Gasteiger partial charge on any atom is 0.163 e. The zero-order valence-corrected chi connectivity index (χ0v) is 10.3. The molecule has 1 aromatic heterocycles. The van der Waals surface area contributed by atoms with Gasteiger partial charge in [-0.25, -0.2) is 0 Å². The minimum absolute atomic E-state index is 0.201. The van der Waals surface area contributed by atoms with Crippen LogP contribution in [0.3, 0.4) is 0 Å². The van der Waals surface area contributed by atoms with Crippen LogP contribution in [0.4, 0.5) is 0 Å². The van der Waals surface area contributed by atoms with Crippen LogP contribution >= 0.6 is 0 Å². The Morgan fingerprint density at radius 3 is 2.44 bits per heavy atom. The number of carbonyl (C=O) groups excluding carboxylic acids is 2. The van der Waals surface area contributed by atoms with Gasteiger partial charge in [-0.1, -0.05) is 18.2 Å². The van der Waals surface area contributed by atoms with Crippen molar-refractivity contribution in [3.05, 3.63) is 47.7 Å². The molecule has 90 valence electrons. The maximum absolute atomic E-state index is 11.3. The first-order valence-electron chi connectivity index (χ1n) is 5.66. The second-order valence-electron chi connectivity index (χ2n) is 4.13. The number of fused-ring (bicyclic) bond motifs is 1. The van der Waals surface area contributed by atoms with Crippen LogP contribution in [0.15, 0.2) is 42.1 Å². The Labute approximate surface area is 105 Å². The molecule has 0 saturated carbocycles. The lowest BCUT2D eigenvalue weighted by molar-refractivity contribution is -0.119. The van der Waals surface area contributed by atoms with Gasteiger partial charge in [0.25, 0.3) is 0 Å². The van der Waals surface area contributed by atoms with Crippen molar-refractivity contribution >= 4 is 28.5 Å². The van der Waals surface area contributed by atoms with E-state index in [1.54, 1.807) is 12.3 Å². The Bertz CT molecular complexity index is 640. The summed E-state index contributed by atoms with van der Waals surface area (Å²) < 4.78 is 0. The predicted molar refractivity (Wildman–Crippen MR) is 71.1 cm³/mol. The number of hydrogen-bond acceptors (Lipinski definition) is 3. The molecule has 0 spiro atoms. The molecule has 0 radical (unpaired) electrons. The number of ketones is 2. The summed E-state index contributed by atoms with van der Waals surface area (Å²) in [5, 5.41) is 0.984. The highest BCUT2D eigenvalue weighted by Crippen LogP contribution is 2.15. The first-order valence-corrected chi connectivity index (χ1v) is 5.66. The number of hydrogen-bond donors (Lipinski definition) is 0. The lowest BCUT2D eigenvalue weighted by Gasteiger charge is -2.01. The molecule has 2 rings (SSSR count). The highest BCUT2D eigenvalue weighted by molar-refractivity contribution is 6.21. The van der Waals surface area contributed by atoms with E-state index in [1.165, 1.54) is 13.8 Å². The molecule has 0 saturated heterocycles. The molecule has 0 aliphatic heterocycles. The zero-order valence-electron chi connectivity index (χ0n) is 10.3. The van der Waals surface area contributed by atoms with E-state index in [0.29, 0.717) is 0 Å². The van der Waals surface area contributed by atoms with Gasteiger partial charge < -0.3 is 0 Å². The third-order valence-corrected chi connectivity index (χ3v) is 2.68. The van der Waals surface area contributed by atoms with E-state index in [-0.39, 0.29) is 17.1 Å². The average molecular weight is 239 g/mol. The summed E-state index contributed by atoms with van der Waals surface area (Å²) in [6.07, 6.45) is 3.25. The van der Waals surface area contributed by atoms with Crippen LogP contribution in [0.1, 0.15) is 19.4 Å². The molecule has 0 atom stereocenters. The van der Waals surface area contributed by atoms with Crippen molar-refractivity contribution in [3.63, 3.8) is 0 Å². The normalized spacial score (nSPS) is 10.1. The van der Waals surface area contributed by atoms with E-state index in [4.69, 9.17) is 0 Å². The largest absolute Gasteiger partial charge is 0.294 e. The summed E-state index contributed by atoms with van der Waals surface area (Å²) in [5.74, 6) is -0.452. The lowest BCUT2D eigenvalue weighted by atomic mass is 10.0. The van der Waals surface area contributed by atoms with Gasteiger partial charge in [0.15, 0.2) is 11.6 Å². The quantitative estimate of drug-likeness (QED) is 0.470. The first kappa shape index (κ1) is 12.2. The van der Waals surface area contributed by atoms with Gasteiger partial charge in [-0.3, -0.25) is 14.6 Å². The van der Waals surface area contributed by atoms with Crippen LogP contribution in [-0.2, 0) is 9.59 Å². The number of carbonyl (C=O) groups is 2. The van der Waals surface area contributed by atoms with Crippen LogP contribution in [0.2, 0.25) is 0 Å². The Hall–Kier alpha value is -2.29. The Morgan fingerprint density at radius 1 is 1.11 bits per heavy atom. The number of pyridine rings is 1. The number of Topliss-reactive ketones (excluding diaryl/α,β-unsaturated/α-hetero) is 2. The number of benzene rings is 1. The molecule has 0 N–H and O–H groups in total. The third-order valence-electron chi connectivity index (χ3n) is 2.68. The van der Waals surface area contributed by atoms with Crippen molar-refractivity contribution in [2.75, 3.05) is 0 Å². The van der Waals surface area contributed by atoms with Crippen molar-refractivity contribution < 1.29 is 9.59 Å². The molecule has 1 aromatic carbocycles. The lowest BCUT2D eigenvalue weighted by Crippen LogP contribution is -2.05. The molecule has 0 aliphatic carbocycles. The first-order chi connectivity index (χ1) is 8.58. The topological polar surface area (TPSA) is 47.0 Å². The minimum Gasteiger partial charge on any atom is -0.294 e. The van der Waals surface area contributed by atoms with Gasteiger partial charge in [-0.15, -0.1) is 0 Å². The molecule has 18 heavy (non-hydrogen) atoms. The molecule has 0 fully saturated rings. The molecule has 0 amide bonds. The van der Waals surface area contributed by atoms with E-state index >= 15 is 0 Å². The highest BCUT2D eigenvalue weighted by Gasteiger charge is 2.09. The van der Waals surface area contributed by atoms with Gasteiger partial charge in [0.1, 0.15) is 0 Å². The van der Waals surface area contributed by atoms with E-state index in [1.807, 2.05) is 30.3 Å². The number of aromatic nitrogens is 1. The summed E-state index contributed by atoms with van der Waals surface area (Å²) in [6.45, 7) is 2.78. The van der Waals surface area contributed by atoms with E-state index in [9.17, 15) is 9.59 Å². The summed E-state index contributed by atoms with van der Waals surface area (Å²) in [7, 11) is 0. The number of para-hydroxylation sites is 1. The van der Waals surface area contributed by atoms with Crippen LogP contribution in [-0.4, -0.2) is 16.6 Å². The van der Waals surface area contributed by atoms with E-state index in [0.717, 1.165) is 16.5 Å². The van der Waals surface area contributed by atoms with Crippen LogP contribution in [0, 0.1) is 0 Å². The molecule has 0 aliphatic rings. The molecule has 0 bridgehead atoms. The SMILES string of the molecule is CC(=O)C(=Cc1cnc2ccccc2c1)C(C)=O. The fourth-order valence-electron chi connectivity index (χ4n) is 1.78. The Morgan fingerprint density at radius 2 is 1.78 bits per heavy atom. The maximum atomic E-state index is 11.3. The highest BCUT2D eigenvalue weighted by atomic mass is 16.1. The van der Waals surface area contributed by atoms with Gasteiger partial charge in [0.2, 0.25) is 0 Å². The summed E-state index contributed by atoms with van der Waals surface area (Å²) in [6, 6.07) is 9.62. The van der Waals surface area contributed by atoms with Crippen molar-refractivity contribution in [1.82, 2.24) is 4.98 Å². The number of nitrogens with zero attached hydrogens (tertiary/aromatic N) is 1. The summed E-state index contributed by atoms with van der Waals surface area (Å²) in [4.78, 5) is 27.0. The van der Waals surface area contributed by atoms with Crippen LogP contribution < -0.4 is 0 Å². The molecule has 2 aromatic rings. The van der Waals surface area contributed by atoms with Gasteiger partial charge >= 0.3 is 0 Å². The molecule has 3 heteroatoms. The number of rotatable bonds is 3. The van der Waals surface area contributed by atoms with E-state index in [2.05, 4.69) is 4.98 Å². The second-order valence-corrected chi connectivity index (χ2v) is 4.13. The molecular formula is C15H13NO2. The number of allylic oxidation sites excluding steroid dienone is 1. The average Bonchev–Trinajstić information content (AvgIpc) is 2.35. The molecular weight excluding hydrogens is 226 g/mol. The van der Waals surface area contributed by atoms with Crippen LogP contribution in [0.25, 0.3) is 17.0 Å². The van der Waals surface area contributed by atoms with E-state index < -0.39 is 0 Å². The van der Waals surface area contributed by atoms with Crippen molar-refractivity contribution in [1.29, 1.82) is 0 Å². The van der Waals surface area contributed by atoms with Gasteiger partial charge in [-0.2, -0.15) is 0 Å². The Balaban J connectivity index is 2.51. The van der Waals surface area contributed by atoms with Gasteiger partial charge in [0.05, 0.1) is 11.1 Å². The monoisotopic (exact) mass is 239 g/mol. The predicted octanol–water partition coefficient (Wildman–Crippen LogP) is 2.80. The van der Waals surface area contributed by atoms with Crippen molar-refractivity contribution in [2.45, 2.75) is 13.8 Å². The van der Waals surface area contributed by atoms with Gasteiger partial charge in [0, 0.05) is 11.6 Å². The molecule has 3 nitrogen and oxygen atoms in total. The molecule has 0 unspecified atom stereocenters. The summed E-state index contributed by atoms with van der Waals surface area (Å²) in [5.41, 5.74) is 1.85. The van der Waals surface area contributed by atoms with Crippen LogP contribution in [0.5, 0.6) is 0 Å². The third kappa shape index (κ3) is 2.51. The van der Waals surface area contributed by atoms with Gasteiger partial charge in [-0.05, 0) is 37.6 Å². The Kier molecular flexibility index (Phi) is 3.33. The zero-order chi connectivity index (χ0) is 13.1. The fourth-order valence-corrected chi connectivity index (χ4v) is 1.78. The van der Waals surface area contributed by atoms with Crippen molar-refractivity contribution in [2.24, 2.45) is 0 Å². The minimum atomic E-state index is -0.226. The standard InChI is InChI=1S/C15H13NO2/c1-10(17)14(11(2)18)8-12-7-13-5-3-4-6-15(13)16-9-12/h3-9H,1-2H3. The fraction of sp³-hybridized carbons (Fsp3) is 0.133. The molecule has 1 heterocycles. The smallest absolute Gasteiger partial charge is 0.163 e. The summed E-state index contributed by atoms with van der Waals surface area (Å²) >= 11 is 0. The van der Waals surface area contributed by atoms with Crippen molar-refractivity contribution in [3.8, 4) is 0 Å².